The van der Waals surface area contributed by atoms with Crippen LogP contribution in [0, 0.1) is 0 Å². The van der Waals surface area contributed by atoms with Crippen LogP contribution in [-0.4, -0.2) is 0 Å². The fourth-order valence-electron chi connectivity index (χ4n) is 1.66. The van der Waals surface area contributed by atoms with Gasteiger partial charge in [0.1, 0.15) is 0 Å². The number of benzene rings is 2. The maximum Gasteiger partial charge on any atom is 0.0685 e. The van der Waals surface area contributed by atoms with Gasteiger partial charge in [0.15, 0.2) is 0 Å². The smallest absolute Gasteiger partial charge is 0.0685 e. The van der Waals surface area contributed by atoms with Crippen LogP contribution in [0.25, 0.3) is 11.1 Å². The summed E-state index contributed by atoms with van der Waals surface area (Å²) >= 11 is 24.4. The lowest BCUT2D eigenvalue weighted by atomic mass is 10.0. The van der Waals surface area contributed by atoms with Gasteiger partial charge in [-0.1, -0.05) is 58.5 Å². The lowest BCUT2D eigenvalue weighted by molar-refractivity contribution is 1.07. The molecule has 0 aliphatic heterocycles. The Morgan fingerprint density at radius 3 is 2.11 bits per heavy atom. The van der Waals surface area contributed by atoms with E-state index in [4.69, 9.17) is 52.1 Å². The maximum absolute atomic E-state index is 6.17. The molecule has 94 valence electrons. The molecule has 2 rings (SSSR count). The number of hydrogen-bond acceptors (Lipinski definition) is 1. The second-order valence-corrected chi connectivity index (χ2v) is 5.33. The standard InChI is InChI=1S/C13H9Cl4N/c14-9-3-4-10(15)13(17)12(9)7-1-2-8(6-18)11(16)5-7/h1-5H,6,18H2. The molecule has 1 nitrogen and oxygen atoms in total. The molecule has 0 heterocycles. The highest BCUT2D eigenvalue weighted by Crippen LogP contribution is 2.40. The minimum absolute atomic E-state index is 0.385. The first-order valence-corrected chi connectivity index (χ1v) is 6.68. The number of nitrogens with two attached hydrogens (primary N) is 1. The Hall–Kier alpha value is -0.440. The van der Waals surface area contributed by atoms with Crippen molar-refractivity contribution in [1.82, 2.24) is 0 Å². The summed E-state index contributed by atoms with van der Waals surface area (Å²) in [4.78, 5) is 0. The van der Waals surface area contributed by atoms with Crippen molar-refractivity contribution in [2.75, 3.05) is 0 Å². The van der Waals surface area contributed by atoms with Crippen molar-refractivity contribution < 1.29 is 0 Å². The second kappa shape index (κ2) is 5.68. The highest BCUT2D eigenvalue weighted by Gasteiger charge is 2.13. The van der Waals surface area contributed by atoms with Crippen LogP contribution >= 0.6 is 46.4 Å². The molecular formula is C13H9Cl4N. The third-order valence-corrected chi connectivity index (χ3v) is 4.08. The van der Waals surface area contributed by atoms with E-state index in [1.54, 1.807) is 18.2 Å². The van der Waals surface area contributed by atoms with E-state index >= 15 is 0 Å². The highest BCUT2D eigenvalue weighted by atomic mass is 35.5. The Morgan fingerprint density at radius 2 is 1.50 bits per heavy atom. The first-order valence-electron chi connectivity index (χ1n) is 5.17. The Bertz CT molecular complexity index is 596. The first kappa shape index (κ1) is 14.0. The lowest BCUT2D eigenvalue weighted by Gasteiger charge is -2.10. The second-order valence-electron chi connectivity index (χ2n) is 3.73. The van der Waals surface area contributed by atoms with Crippen LogP contribution in [0.15, 0.2) is 30.3 Å². The van der Waals surface area contributed by atoms with Gasteiger partial charge in [0.25, 0.3) is 0 Å². The lowest BCUT2D eigenvalue weighted by Crippen LogP contribution is -1.97. The van der Waals surface area contributed by atoms with Gasteiger partial charge in [0, 0.05) is 22.2 Å². The van der Waals surface area contributed by atoms with Crippen LogP contribution in [0.2, 0.25) is 20.1 Å². The summed E-state index contributed by atoms with van der Waals surface area (Å²) in [5.74, 6) is 0. The number of hydrogen-bond donors (Lipinski definition) is 1. The number of rotatable bonds is 2. The van der Waals surface area contributed by atoms with Gasteiger partial charge < -0.3 is 5.73 Å². The summed E-state index contributed by atoms with van der Waals surface area (Å²) in [6, 6.07) is 8.87. The predicted molar refractivity (Wildman–Crippen MR) is 79.8 cm³/mol. The maximum atomic E-state index is 6.17. The average Bonchev–Trinajstić information content (AvgIpc) is 2.35. The fourth-order valence-corrected chi connectivity index (χ4v) is 2.66. The largest absolute Gasteiger partial charge is 0.326 e. The minimum atomic E-state index is 0.385. The normalized spacial score (nSPS) is 10.7. The highest BCUT2D eigenvalue weighted by molar-refractivity contribution is 6.46. The van der Waals surface area contributed by atoms with Gasteiger partial charge >= 0.3 is 0 Å². The van der Waals surface area contributed by atoms with Crippen LogP contribution in [-0.2, 0) is 6.54 Å². The molecule has 2 aromatic rings. The van der Waals surface area contributed by atoms with Gasteiger partial charge in [-0.2, -0.15) is 0 Å². The molecule has 2 aromatic carbocycles. The summed E-state index contributed by atoms with van der Waals surface area (Å²) < 4.78 is 0. The topological polar surface area (TPSA) is 26.0 Å². The van der Waals surface area contributed by atoms with Crippen LogP contribution in [0.4, 0.5) is 0 Å². The molecule has 0 amide bonds. The Kier molecular flexibility index (Phi) is 4.41. The van der Waals surface area contributed by atoms with Crippen LogP contribution in [0.5, 0.6) is 0 Å². The van der Waals surface area contributed by atoms with Crippen molar-refractivity contribution in [3.05, 3.63) is 56.0 Å². The quantitative estimate of drug-likeness (QED) is 0.734. The fraction of sp³-hybridized carbons (Fsp3) is 0.0769. The Morgan fingerprint density at radius 1 is 0.833 bits per heavy atom. The Labute approximate surface area is 125 Å². The molecule has 0 aliphatic carbocycles. The summed E-state index contributed by atoms with van der Waals surface area (Å²) in [6.07, 6.45) is 0. The molecule has 0 bridgehead atoms. The van der Waals surface area contributed by atoms with Crippen molar-refractivity contribution in [3.8, 4) is 11.1 Å². The van der Waals surface area contributed by atoms with Gasteiger partial charge in [-0.25, -0.2) is 0 Å². The van der Waals surface area contributed by atoms with E-state index in [9.17, 15) is 0 Å². The van der Waals surface area contributed by atoms with E-state index in [0.717, 1.165) is 11.1 Å². The molecule has 0 atom stereocenters. The van der Waals surface area contributed by atoms with Gasteiger partial charge in [0.2, 0.25) is 0 Å². The molecule has 2 N–H and O–H groups in total. The monoisotopic (exact) mass is 319 g/mol. The summed E-state index contributed by atoms with van der Waals surface area (Å²) in [7, 11) is 0. The van der Waals surface area contributed by atoms with Gasteiger partial charge in [-0.3, -0.25) is 0 Å². The minimum Gasteiger partial charge on any atom is -0.326 e. The van der Waals surface area contributed by atoms with Crippen molar-refractivity contribution in [1.29, 1.82) is 0 Å². The van der Waals surface area contributed by atoms with Gasteiger partial charge in [-0.15, -0.1) is 0 Å². The predicted octanol–water partition coefficient (Wildman–Crippen LogP) is 5.43. The first-order chi connectivity index (χ1) is 8.54. The van der Waals surface area contributed by atoms with Crippen LogP contribution < -0.4 is 5.73 Å². The van der Waals surface area contributed by atoms with Crippen molar-refractivity contribution >= 4 is 46.4 Å². The number of halogens is 4. The van der Waals surface area contributed by atoms with Crippen LogP contribution in [0.1, 0.15) is 5.56 Å². The van der Waals surface area contributed by atoms with Gasteiger partial charge in [0.05, 0.1) is 10.0 Å². The van der Waals surface area contributed by atoms with Crippen molar-refractivity contribution in [3.63, 3.8) is 0 Å². The third kappa shape index (κ3) is 2.61. The molecule has 0 saturated heterocycles. The SMILES string of the molecule is NCc1ccc(-c2c(Cl)ccc(Cl)c2Cl)cc1Cl. The molecule has 5 heteroatoms. The van der Waals surface area contributed by atoms with Crippen LogP contribution in [0.3, 0.4) is 0 Å². The third-order valence-electron chi connectivity index (χ3n) is 2.61. The molecule has 18 heavy (non-hydrogen) atoms. The van der Waals surface area contributed by atoms with E-state index in [2.05, 4.69) is 0 Å². The molecule has 0 aliphatic rings. The van der Waals surface area contributed by atoms with Crippen molar-refractivity contribution in [2.45, 2.75) is 6.54 Å². The summed E-state index contributed by atoms with van der Waals surface area (Å²) in [5, 5.41) is 1.99. The molecular weight excluding hydrogens is 312 g/mol. The van der Waals surface area contributed by atoms with E-state index < -0.39 is 0 Å². The van der Waals surface area contributed by atoms with E-state index in [1.165, 1.54) is 0 Å². The van der Waals surface area contributed by atoms with E-state index in [-0.39, 0.29) is 0 Å². The van der Waals surface area contributed by atoms with Gasteiger partial charge in [-0.05, 0) is 29.3 Å². The van der Waals surface area contributed by atoms with Crippen molar-refractivity contribution in [2.24, 2.45) is 5.73 Å². The van der Waals surface area contributed by atoms with E-state index in [1.807, 2.05) is 12.1 Å². The van der Waals surface area contributed by atoms with E-state index in [0.29, 0.717) is 32.2 Å². The molecule has 0 spiro atoms. The zero-order chi connectivity index (χ0) is 13.3. The molecule has 0 fully saturated rings. The molecule has 0 aromatic heterocycles. The summed E-state index contributed by atoms with van der Waals surface area (Å²) in [5.41, 5.74) is 7.93. The average molecular weight is 321 g/mol. The molecule has 0 saturated carbocycles. The molecule has 0 radical (unpaired) electrons. The zero-order valence-corrected chi connectivity index (χ0v) is 12.2. The molecule has 0 unspecified atom stereocenters. The summed E-state index contributed by atoms with van der Waals surface area (Å²) in [6.45, 7) is 0.385. The Balaban J connectivity index is 2.62. The zero-order valence-electron chi connectivity index (χ0n) is 9.18.